The third-order valence-corrected chi connectivity index (χ3v) is 2.83. The maximum Gasteiger partial charge on any atom is 0.0583 e. The Hall–Kier alpha value is -1.18. The Labute approximate surface area is 85.7 Å². The lowest BCUT2D eigenvalue weighted by Crippen LogP contribution is -2.42. The number of anilines is 2. The van der Waals surface area contributed by atoms with E-state index in [9.17, 15) is 0 Å². The lowest BCUT2D eigenvalue weighted by Gasteiger charge is -2.35. The largest absolute Gasteiger partial charge is 0.381 e. The van der Waals surface area contributed by atoms with Gasteiger partial charge >= 0.3 is 0 Å². The standard InChI is InChI=1S/C12H18N2/c1-8-5-10-11(6-9(8)2)14-12(3,4)7-13-10/h5-6,13-14H,7H2,1-4H3. The number of hydrogen-bond acceptors (Lipinski definition) is 2. The molecule has 0 saturated heterocycles. The Kier molecular flexibility index (Phi) is 1.95. The smallest absolute Gasteiger partial charge is 0.0583 e. The van der Waals surface area contributed by atoms with Crippen molar-refractivity contribution in [3.05, 3.63) is 23.3 Å². The third kappa shape index (κ3) is 1.57. The minimum Gasteiger partial charge on any atom is -0.381 e. The first-order chi connectivity index (χ1) is 6.48. The van der Waals surface area contributed by atoms with E-state index >= 15 is 0 Å². The van der Waals surface area contributed by atoms with Gasteiger partial charge in [0.25, 0.3) is 0 Å². The molecule has 0 aliphatic carbocycles. The van der Waals surface area contributed by atoms with Crippen LogP contribution in [0.2, 0.25) is 0 Å². The predicted octanol–water partition coefficient (Wildman–Crippen LogP) is 2.92. The maximum atomic E-state index is 3.54. The first-order valence-corrected chi connectivity index (χ1v) is 5.11. The number of fused-ring (bicyclic) bond motifs is 1. The Morgan fingerprint density at radius 3 is 2.29 bits per heavy atom. The van der Waals surface area contributed by atoms with Crippen LogP contribution < -0.4 is 10.6 Å². The molecule has 0 aromatic heterocycles. The van der Waals surface area contributed by atoms with E-state index in [-0.39, 0.29) is 5.54 Å². The molecule has 1 aliphatic rings. The van der Waals surface area contributed by atoms with Gasteiger partial charge in [-0.1, -0.05) is 0 Å². The number of hydrogen-bond donors (Lipinski definition) is 2. The van der Waals surface area contributed by atoms with E-state index in [0.29, 0.717) is 0 Å². The molecule has 1 aromatic carbocycles. The zero-order chi connectivity index (χ0) is 10.3. The molecule has 0 atom stereocenters. The summed E-state index contributed by atoms with van der Waals surface area (Å²) in [6.07, 6.45) is 0. The van der Waals surface area contributed by atoms with Gasteiger partial charge in [-0.3, -0.25) is 0 Å². The highest BCUT2D eigenvalue weighted by molar-refractivity contribution is 5.74. The van der Waals surface area contributed by atoms with E-state index in [1.807, 2.05) is 0 Å². The highest BCUT2D eigenvalue weighted by Crippen LogP contribution is 2.32. The number of benzene rings is 1. The molecule has 2 rings (SSSR count). The molecule has 2 nitrogen and oxygen atoms in total. The molecule has 0 bridgehead atoms. The first kappa shape index (κ1) is 9.38. The summed E-state index contributed by atoms with van der Waals surface area (Å²) in [4.78, 5) is 0. The van der Waals surface area contributed by atoms with Crippen LogP contribution >= 0.6 is 0 Å². The zero-order valence-electron chi connectivity index (χ0n) is 9.36. The molecular weight excluding hydrogens is 172 g/mol. The average Bonchev–Trinajstić information content (AvgIpc) is 2.07. The summed E-state index contributed by atoms with van der Waals surface area (Å²) in [5.41, 5.74) is 5.29. The molecule has 1 aliphatic heterocycles. The molecule has 0 unspecified atom stereocenters. The molecular formula is C12H18N2. The van der Waals surface area contributed by atoms with Crippen LogP contribution in [0.3, 0.4) is 0 Å². The topological polar surface area (TPSA) is 24.1 Å². The van der Waals surface area contributed by atoms with Gasteiger partial charge < -0.3 is 10.6 Å². The number of aryl methyl sites for hydroxylation is 2. The van der Waals surface area contributed by atoms with Gasteiger partial charge in [-0.15, -0.1) is 0 Å². The Bertz CT molecular complexity index is 367. The summed E-state index contributed by atoms with van der Waals surface area (Å²) in [6.45, 7) is 9.69. The summed E-state index contributed by atoms with van der Waals surface area (Å²) in [5, 5.41) is 7.00. The van der Waals surface area contributed by atoms with Crippen molar-refractivity contribution in [1.29, 1.82) is 0 Å². The van der Waals surface area contributed by atoms with Crippen molar-refractivity contribution in [3.8, 4) is 0 Å². The zero-order valence-corrected chi connectivity index (χ0v) is 9.36. The molecule has 1 aromatic rings. The molecule has 0 spiro atoms. The van der Waals surface area contributed by atoms with Crippen LogP contribution in [0.5, 0.6) is 0 Å². The summed E-state index contributed by atoms with van der Waals surface area (Å²) in [6, 6.07) is 4.44. The highest BCUT2D eigenvalue weighted by atomic mass is 15.1. The van der Waals surface area contributed by atoms with Gasteiger partial charge in [0.1, 0.15) is 0 Å². The molecule has 14 heavy (non-hydrogen) atoms. The van der Waals surface area contributed by atoms with Gasteiger partial charge in [0.15, 0.2) is 0 Å². The van der Waals surface area contributed by atoms with E-state index in [2.05, 4.69) is 50.5 Å². The summed E-state index contributed by atoms with van der Waals surface area (Å²) >= 11 is 0. The number of nitrogens with one attached hydrogen (secondary N) is 2. The molecule has 2 N–H and O–H groups in total. The normalized spacial score (nSPS) is 18.0. The first-order valence-electron chi connectivity index (χ1n) is 5.11. The second-order valence-corrected chi connectivity index (χ2v) is 4.84. The lowest BCUT2D eigenvalue weighted by molar-refractivity contribution is 0.589. The quantitative estimate of drug-likeness (QED) is 0.657. The Balaban J connectivity index is 2.43. The summed E-state index contributed by atoms with van der Waals surface area (Å²) < 4.78 is 0. The Morgan fingerprint density at radius 2 is 1.64 bits per heavy atom. The van der Waals surface area contributed by atoms with Crippen LogP contribution in [0.1, 0.15) is 25.0 Å². The maximum absolute atomic E-state index is 3.54. The monoisotopic (exact) mass is 190 g/mol. The minimum absolute atomic E-state index is 0.148. The average molecular weight is 190 g/mol. The van der Waals surface area contributed by atoms with Crippen LogP contribution in [0.4, 0.5) is 11.4 Å². The fourth-order valence-corrected chi connectivity index (χ4v) is 1.79. The van der Waals surface area contributed by atoms with Crippen LogP contribution in [-0.2, 0) is 0 Å². The predicted molar refractivity (Wildman–Crippen MR) is 62.1 cm³/mol. The fraction of sp³-hybridized carbons (Fsp3) is 0.500. The lowest BCUT2D eigenvalue weighted by atomic mass is 9.99. The molecule has 0 saturated carbocycles. The second-order valence-electron chi connectivity index (χ2n) is 4.84. The van der Waals surface area contributed by atoms with Gasteiger partial charge in [0.2, 0.25) is 0 Å². The van der Waals surface area contributed by atoms with Crippen molar-refractivity contribution in [2.45, 2.75) is 33.2 Å². The van der Waals surface area contributed by atoms with E-state index in [0.717, 1.165) is 6.54 Å². The molecule has 1 heterocycles. The Morgan fingerprint density at radius 1 is 1.07 bits per heavy atom. The second kappa shape index (κ2) is 2.91. The van der Waals surface area contributed by atoms with E-state index in [1.54, 1.807) is 0 Å². The fourth-order valence-electron chi connectivity index (χ4n) is 1.79. The van der Waals surface area contributed by atoms with Crippen molar-refractivity contribution in [2.75, 3.05) is 17.2 Å². The summed E-state index contributed by atoms with van der Waals surface area (Å²) in [5.74, 6) is 0. The van der Waals surface area contributed by atoms with Crippen molar-refractivity contribution in [3.63, 3.8) is 0 Å². The van der Waals surface area contributed by atoms with Crippen LogP contribution in [0, 0.1) is 13.8 Å². The van der Waals surface area contributed by atoms with Crippen LogP contribution in [0.25, 0.3) is 0 Å². The van der Waals surface area contributed by atoms with Gasteiger partial charge in [-0.25, -0.2) is 0 Å². The van der Waals surface area contributed by atoms with Crippen LogP contribution in [-0.4, -0.2) is 12.1 Å². The van der Waals surface area contributed by atoms with Gasteiger partial charge in [0.05, 0.1) is 11.4 Å². The SMILES string of the molecule is Cc1cc2c(cc1C)NC(C)(C)CN2. The van der Waals surface area contributed by atoms with Gasteiger partial charge in [-0.05, 0) is 51.0 Å². The van der Waals surface area contributed by atoms with Crippen LogP contribution in [0.15, 0.2) is 12.1 Å². The molecule has 2 heteroatoms. The molecule has 0 amide bonds. The van der Waals surface area contributed by atoms with E-state index < -0.39 is 0 Å². The molecule has 0 radical (unpaired) electrons. The van der Waals surface area contributed by atoms with Crippen molar-refractivity contribution < 1.29 is 0 Å². The van der Waals surface area contributed by atoms with Gasteiger partial charge in [-0.2, -0.15) is 0 Å². The van der Waals surface area contributed by atoms with Crippen molar-refractivity contribution in [1.82, 2.24) is 0 Å². The molecule has 76 valence electrons. The minimum atomic E-state index is 0.148. The molecule has 0 fully saturated rings. The van der Waals surface area contributed by atoms with Gasteiger partial charge in [0, 0.05) is 12.1 Å². The van der Waals surface area contributed by atoms with E-state index in [4.69, 9.17) is 0 Å². The van der Waals surface area contributed by atoms with Crippen molar-refractivity contribution >= 4 is 11.4 Å². The van der Waals surface area contributed by atoms with E-state index in [1.165, 1.54) is 22.5 Å². The highest BCUT2D eigenvalue weighted by Gasteiger charge is 2.23. The summed E-state index contributed by atoms with van der Waals surface area (Å²) in [7, 11) is 0. The third-order valence-electron chi connectivity index (χ3n) is 2.83. The van der Waals surface area contributed by atoms with Crippen molar-refractivity contribution in [2.24, 2.45) is 0 Å². The number of rotatable bonds is 0.